The molecular formula is C10H16N2OS. The fourth-order valence-corrected chi connectivity index (χ4v) is 2.95. The number of thiazole rings is 1. The molecule has 0 aromatic carbocycles. The van der Waals surface area contributed by atoms with Crippen LogP contribution in [0, 0.1) is 0 Å². The lowest BCUT2D eigenvalue weighted by Gasteiger charge is -2.15. The van der Waals surface area contributed by atoms with Crippen molar-refractivity contribution in [2.24, 2.45) is 5.73 Å². The zero-order valence-corrected chi connectivity index (χ0v) is 9.43. The third-order valence-electron chi connectivity index (χ3n) is 2.72. The molecule has 78 valence electrons. The highest BCUT2D eigenvalue weighted by atomic mass is 32.1. The molecule has 1 aromatic heterocycles. The van der Waals surface area contributed by atoms with E-state index in [9.17, 15) is 0 Å². The largest absolute Gasteiger partial charge is 0.375 e. The van der Waals surface area contributed by atoms with Crippen LogP contribution >= 0.6 is 11.3 Å². The standard InChI is InChI=1S/C10H16N2OS/c1-6(13-2)10-12-9-7(11)4-3-5-8(9)14-10/h6-7H,3-5,11H2,1-2H3. The molecule has 0 aliphatic heterocycles. The highest BCUT2D eigenvalue weighted by Crippen LogP contribution is 2.34. The van der Waals surface area contributed by atoms with Gasteiger partial charge >= 0.3 is 0 Å². The number of ether oxygens (including phenoxy) is 1. The molecule has 14 heavy (non-hydrogen) atoms. The van der Waals surface area contributed by atoms with Crippen LogP contribution < -0.4 is 5.73 Å². The number of nitrogens with zero attached hydrogens (tertiary/aromatic N) is 1. The van der Waals surface area contributed by atoms with Gasteiger partial charge in [-0.3, -0.25) is 0 Å². The van der Waals surface area contributed by atoms with E-state index in [-0.39, 0.29) is 12.1 Å². The van der Waals surface area contributed by atoms with Gasteiger partial charge in [0, 0.05) is 18.0 Å². The van der Waals surface area contributed by atoms with E-state index in [1.807, 2.05) is 6.92 Å². The van der Waals surface area contributed by atoms with Gasteiger partial charge in [0.05, 0.1) is 5.69 Å². The van der Waals surface area contributed by atoms with Crippen LogP contribution in [0.15, 0.2) is 0 Å². The van der Waals surface area contributed by atoms with Crippen LogP contribution in [-0.4, -0.2) is 12.1 Å². The second kappa shape index (κ2) is 3.96. The lowest BCUT2D eigenvalue weighted by molar-refractivity contribution is 0.119. The Balaban J connectivity index is 2.30. The second-order valence-corrected chi connectivity index (χ2v) is 4.85. The summed E-state index contributed by atoms with van der Waals surface area (Å²) in [6.07, 6.45) is 3.49. The SMILES string of the molecule is COC(C)c1nc2c(s1)CCCC2N. The highest BCUT2D eigenvalue weighted by molar-refractivity contribution is 7.11. The molecule has 2 N–H and O–H groups in total. The van der Waals surface area contributed by atoms with Crippen LogP contribution in [0.5, 0.6) is 0 Å². The molecule has 0 saturated heterocycles. The summed E-state index contributed by atoms with van der Waals surface area (Å²) in [5.41, 5.74) is 7.12. The van der Waals surface area contributed by atoms with Gasteiger partial charge in [0.1, 0.15) is 11.1 Å². The van der Waals surface area contributed by atoms with Gasteiger partial charge in [-0.15, -0.1) is 11.3 Å². The van der Waals surface area contributed by atoms with Crippen LogP contribution in [-0.2, 0) is 11.2 Å². The fourth-order valence-electron chi connectivity index (χ4n) is 1.75. The number of hydrogen-bond acceptors (Lipinski definition) is 4. The average molecular weight is 212 g/mol. The summed E-state index contributed by atoms with van der Waals surface area (Å²) in [7, 11) is 1.71. The van der Waals surface area contributed by atoms with Crippen LogP contribution in [0.3, 0.4) is 0 Å². The molecule has 0 bridgehead atoms. The van der Waals surface area contributed by atoms with Crippen molar-refractivity contribution in [3.63, 3.8) is 0 Å². The maximum Gasteiger partial charge on any atom is 0.122 e. The minimum atomic E-state index is 0.0952. The lowest BCUT2D eigenvalue weighted by Crippen LogP contribution is -2.16. The minimum absolute atomic E-state index is 0.0952. The first-order chi connectivity index (χ1) is 6.72. The zero-order chi connectivity index (χ0) is 10.1. The second-order valence-electron chi connectivity index (χ2n) is 3.74. The maximum absolute atomic E-state index is 6.00. The number of hydrogen-bond donors (Lipinski definition) is 1. The summed E-state index contributed by atoms with van der Waals surface area (Å²) in [5, 5.41) is 1.06. The minimum Gasteiger partial charge on any atom is -0.375 e. The van der Waals surface area contributed by atoms with Crippen LogP contribution in [0.25, 0.3) is 0 Å². The first-order valence-electron chi connectivity index (χ1n) is 5.00. The molecule has 2 rings (SSSR count). The Bertz CT molecular complexity index is 324. The van der Waals surface area contributed by atoms with Gasteiger partial charge in [0.25, 0.3) is 0 Å². The molecule has 0 amide bonds. The third-order valence-corrected chi connectivity index (χ3v) is 4.01. The Morgan fingerprint density at radius 3 is 3.07 bits per heavy atom. The van der Waals surface area contributed by atoms with E-state index in [0.717, 1.165) is 23.5 Å². The van der Waals surface area contributed by atoms with Gasteiger partial charge in [-0.1, -0.05) is 0 Å². The Kier molecular flexibility index (Phi) is 2.85. The Morgan fingerprint density at radius 1 is 1.64 bits per heavy atom. The van der Waals surface area contributed by atoms with Crippen LogP contribution in [0.2, 0.25) is 0 Å². The normalized spacial score (nSPS) is 23.2. The summed E-state index contributed by atoms with van der Waals surface area (Å²) in [5.74, 6) is 0. The number of methoxy groups -OCH3 is 1. The smallest absolute Gasteiger partial charge is 0.122 e. The van der Waals surface area contributed by atoms with E-state index in [1.54, 1.807) is 18.4 Å². The van der Waals surface area contributed by atoms with E-state index in [1.165, 1.54) is 11.3 Å². The Labute approximate surface area is 88.3 Å². The number of aryl methyl sites for hydroxylation is 1. The number of aromatic nitrogens is 1. The van der Waals surface area contributed by atoms with Crippen LogP contribution in [0.1, 0.15) is 47.5 Å². The molecule has 0 spiro atoms. The molecule has 3 nitrogen and oxygen atoms in total. The monoisotopic (exact) mass is 212 g/mol. The average Bonchev–Trinajstić information content (AvgIpc) is 2.62. The van der Waals surface area contributed by atoms with Gasteiger partial charge in [0.2, 0.25) is 0 Å². The summed E-state index contributed by atoms with van der Waals surface area (Å²) in [6.45, 7) is 2.02. The van der Waals surface area contributed by atoms with Crippen molar-refractivity contribution in [1.82, 2.24) is 4.98 Å². The summed E-state index contributed by atoms with van der Waals surface area (Å²) >= 11 is 1.76. The first-order valence-corrected chi connectivity index (χ1v) is 5.82. The number of nitrogens with two attached hydrogens (primary N) is 1. The van der Waals surface area contributed by atoms with E-state index in [2.05, 4.69) is 4.98 Å². The first kappa shape index (κ1) is 10.1. The molecule has 0 fully saturated rings. The fraction of sp³-hybridized carbons (Fsp3) is 0.700. The Hall–Kier alpha value is -0.450. The summed E-state index contributed by atoms with van der Waals surface area (Å²) in [6, 6.07) is 0.146. The van der Waals surface area contributed by atoms with Crippen molar-refractivity contribution in [3.8, 4) is 0 Å². The van der Waals surface area contributed by atoms with Crippen molar-refractivity contribution in [3.05, 3.63) is 15.6 Å². The van der Waals surface area contributed by atoms with E-state index in [4.69, 9.17) is 10.5 Å². The van der Waals surface area contributed by atoms with Gasteiger partial charge in [-0.2, -0.15) is 0 Å². The van der Waals surface area contributed by atoms with Crippen LogP contribution in [0.4, 0.5) is 0 Å². The predicted octanol–water partition coefficient (Wildman–Crippen LogP) is 2.19. The summed E-state index contributed by atoms with van der Waals surface area (Å²) in [4.78, 5) is 5.93. The van der Waals surface area contributed by atoms with Crippen molar-refractivity contribution in [2.45, 2.75) is 38.3 Å². The number of rotatable bonds is 2. The third kappa shape index (κ3) is 1.69. The quantitative estimate of drug-likeness (QED) is 0.817. The van der Waals surface area contributed by atoms with Gasteiger partial charge in [-0.05, 0) is 26.2 Å². The molecule has 1 aliphatic rings. The van der Waals surface area contributed by atoms with Crippen molar-refractivity contribution in [1.29, 1.82) is 0 Å². The van der Waals surface area contributed by atoms with E-state index in [0.29, 0.717) is 0 Å². The van der Waals surface area contributed by atoms with E-state index >= 15 is 0 Å². The highest BCUT2D eigenvalue weighted by Gasteiger charge is 2.23. The van der Waals surface area contributed by atoms with E-state index < -0.39 is 0 Å². The lowest BCUT2D eigenvalue weighted by atomic mass is 9.99. The maximum atomic E-state index is 6.00. The molecule has 1 heterocycles. The molecule has 2 unspecified atom stereocenters. The molecular weight excluding hydrogens is 196 g/mol. The molecule has 0 radical (unpaired) electrons. The molecule has 2 atom stereocenters. The zero-order valence-electron chi connectivity index (χ0n) is 8.62. The topological polar surface area (TPSA) is 48.1 Å². The number of fused-ring (bicyclic) bond motifs is 1. The van der Waals surface area contributed by atoms with Gasteiger partial charge < -0.3 is 10.5 Å². The van der Waals surface area contributed by atoms with Crippen molar-refractivity contribution in [2.75, 3.05) is 7.11 Å². The molecule has 0 saturated carbocycles. The summed E-state index contributed by atoms with van der Waals surface area (Å²) < 4.78 is 5.26. The van der Waals surface area contributed by atoms with Gasteiger partial charge in [-0.25, -0.2) is 4.98 Å². The molecule has 4 heteroatoms. The molecule has 1 aromatic rings. The van der Waals surface area contributed by atoms with Gasteiger partial charge in [0.15, 0.2) is 0 Å². The van der Waals surface area contributed by atoms with Crippen molar-refractivity contribution >= 4 is 11.3 Å². The predicted molar refractivity (Wildman–Crippen MR) is 57.4 cm³/mol. The molecule has 1 aliphatic carbocycles. The Morgan fingerprint density at radius 2 is 2.43 bits per heavy atom. The van der Waals surface area contributed by atoms with Crippen molar-refractivity contribution < 1.29 is 4.74 Å².